The maximum Gasteiger partial charge on any atom is 0.306 e. The van der Waals surface area contributed by atoms with Crippen molar-refractivity contribution in [3.8, 4) is 0 Å². The van der Waals surface area contributed by atoms with Gasteiger partial charge in [0.05, 0.1) is 0 Å². The van der Waals surface area contributed by atoms with Gasteiger partial charge in [-0.3, -0.25) is 14.4 Å². The molecule has 6 nitrogen and oxygen atoms in total. The van der Waals surface area contributed by atoms with Gasteiger partial charge in [-0.05, 0) is 116 Å². The lowest BCUT2D eigenvalue weighted by Crippen LogP contribution is -2.30. The molecule has 0 aromatic carbocycles. The summed E-state index contributed by atoms with van der Waals surface area (Å²) in [6, 6.07) is 0. The number of unbranched alkanes of at least 4 members (excludes halogenated alkanes) is 24. The second kappa shape index (κ2) is 56.9. The minimum absolute atomic E-state index is 0.0901. The molecule has 69 heavy (non-hydrogen) atoms. The van der Waals surface area contributed by atoms with E-state index in [1.807, 2.05) is 0 Å². The molecule has 394 valence electrons. The van der Waals surface area contributed by atoms with Crippen molar-refractivity contribution < 1.29 is 28.6 Å². The molecule has 0 fully saturated rings. The van der Waals surface area contributed by atoms with Crippen molar-refractivity contribution in [2.24, 2.45) is 0 Å². The topological polar surface area (TPSA) is 78.9 Å². The van der Waals surface area contributed by atoms with Gasteiger partial charge in [0.15, 0.2) is 6.10 Å². The van der Waals surface area contributed by atoms with Crippen LogP contribution in [0.1, 0.15) is 265 Å². The van der Waals surface area contributed by atoms with Crippen LogP contribution in [0, 0.1) is 0 Å². The van der Waals surface area contributed by atoms with Crippen LogP contribution in [-0.2, 0) is 28.6 Å². The van der Waals surface area contributed by atoms with Gasteiger partial charge in [-0.15, -0.1) is 0 Å². The Morgan fingerprint density at radius 1 is 0.304 bits per heavy atom. The van der Waals surface area contributed by atoms with Gasteiger partial charge in [-0.2, -0.15) is 0 Å². The van der Waals surface area contributed by atoms with E-state index in [2.05, 4.69) is 118 Å². The van der Waals surface area contributed by atoms with E-state index >= 15 is 0 Å². The van der Waals surface area contributed by atoms with Crippen molar-refractivity contribution in [1.29, 1.82) is 0 Å². The van der Waals surface area contributed by atoms with Gasteiger partial charge in [-0.25, -0.2) is 0 Å². The summed E-state index contributed by atoms with van der Waals surface area (Å²) in [7, 11) is 0. The van der Waals surface area contributed by atoms with Gasteiger partial charge in [0.25, 0.3) is 0 Å². The maximum absolute atomic E-state index is 12.9. The van der Waals surface area contributed by atoms with E-state index < -0.39 is 6.10 Å². The first kappa shape index (κ1) is 65.3. The van der Waals surface area contributed by atoms with Crippen LogP contribution < -0.4 is 0 Å². The van der Waals surface area contributed by atoms with E-state index in [9.17, 15) is 14.4 Å². The van der Waals surface area contributed by atoms with Gasteiger partial charge < -0.3 is 14.2 Å². The molecule has 0 rings (SSSR count). The van der Waals surface area contributed by atoms with Gasteiger partial charge in [0.2, 0.25) is 0 Å². The summed E-state index contributed by atoms with van der Waals surface area (Å²) in [5.74, 6) is -0.917. The maximum atomic E-state index is 12.9. The number of carbonyl (C=O) groups excluding carboxylic acids is 3. The highest BCUT2D eigenvalue weighted by Gasteiger charge is 2.19. The fourth-order valence-corrected chi connectivity index (χ4v) is 7.74. The normalized spacial score (nSPS) is 12.8. The van der Waals surface area contributed by atoms with Crippen LogP contribution in [0.25, 0.3) is 0 Å². The number of carbonyl (C=O) groups is 3. The molecule has 0 saturated carbocycles. The lowest BCUT2D eigenvalue weighted by atomic mass is 10.1. The Morgan fingerprint density at radius 3 is 0.942 bits per heavy atom. The number of esters is 3. The SMILES string of the molecule is CC/C=C\C/C=C\C/C=C\C/C=C\CCCCCCCCCCC(=O)OCC(COC(=O)CCCCCCC/C=C\C/C=C\CCC)OC(=O)CCCCCCCCC/C=C\C/C=C\CCCCC. The van der Waals surface area contributed by atoms with Crippen LogP contribution in [0.3, 0.4) is 0 Å². The average molecular weight is 960 g/mol. The number of hydrogen-bond donors (Lipinski definition) is 0. The lowest BCUT2D eigenvalue weighted by molar-refractivity contribution is -0.167. The predicted molar refractivity (Wildman–Crippen MR) is 297 cm³/mol. The van der Waals surface area contributed by atoms with Crippen LogP contribution in [0.5, 0.6) is 0 Å². The van der Waals surface area contributed by atoms with E-state index in [0.29, 0.717) is 19.3 Å². The summed E-state index contributed by atoms with van der Waals surface area (Å²) in [5.41, 5.74) is 0. The van der Waals surface area contributed by atoms with E-state index in [4.69, 9.17) is 14.2 Å². The fraction of sp³-hybridized carbons (Fsp3) is 0.698. The molecular weight excluding hydrogens is 853 g/mol. The second-order valence-electron chi connectivity index (χ2n) is 18.8. The standard InChI is InChI=1S/C63H106O6/c1-4-7-10-13-16-19-22-25-27-29-30-31-32-34-35-38-41-44-47-50-53-56-62(65)68-59-60(58-67-61(64)55-52-49-46-43-40-37-24-21-18-15-12-9-6-3)69-63(66)57-54-51-48-45-42-39-36-33-28-26-23-20-17-14-11-8-5-2/h7,10,12,15-17,19-21,24-28,30-31,60H,4-6,8-9,11,13-14,18,22-23,29,32-59H2,1-3H3/b10-7-,15-12-,19-16-,20-17-,24-21-,27-25-,28-26-,31-30-. The van der Waals surface area contributed by atoms with Crippen molar-refractivity contribution in [3.63, 3.8) is 0 Å². The molecule has 0 aliphatic heterocycles. The van der Waals surface area contributed by atoms with Crippen LogP contribution in [0.15, 0.2) is 97.2 Å². The molecule has 0 aliphatic carbocycles. The highest BCUT2D eigenvalue weighted by Crippen LogP contribution is 2.15. The first-order valence-electron chi connectivity index (χ1n) is 28.7. The molecule has 0 radical (unpaired) electrons. The summed E-state index contributed by atoms with van der Waals surface area (Å²) in [4.78, 5) is 38.2. The van der Waals surface area contributed by atoms with Gasteiger partial charge in [-0.1, -0.05) is 227 Å². The van der Waals surface area contributed by atoms with Crippen molar-refractivity contribution in [2.75, 3.05) is 13.2 Å². The molecule has 0 aliphatic rings. The largest absolute Gasteiger partial charge is 0.462 e. The molecule has 0 amide bonds. The number of rotatable bonds is 51. The smallest absolute Gasteiger partial charge is 0.306 e. The Morgan fingerprint density at radius 2 is 0.594 bits per heavy atom. The molecule has 0 spiro atoms. The third-order valence-electron chi connectivity index (χ3n) is 12.0. The predicted octanol–water partition coefficient (Wildman–Crippen LogP) is 19.3. The summed E-state index contributed by atoms with van der Waals surface area (Å²) in [6.07, 6.45) is 75.3. The minimum atomic E-state index is -0.792. The van der Waals surface area contributed by atoms with Crippen molar-refractivity contribution in [2.45, 2.75) is 271 Å². The number of ether oxygens (including phenoxy) is 3. The van der Waals surface area contributed by atoms with Gasteiger partial charge in [0, 0.05) is 19.3 Å². The Balaban J connectivity index is 4.40. The second-order valence-corrected chi connectivity index (χ2v) is 18.8. The molecule has 0 saturated heterocycles. The number of allylic oxidation sites excluding steroid dienone is 16. The minimum Gasteiger partial charge on any atom is -0.462 e. The molecule has 1 atom stereocenters. The average Bonchev–Trinajstić information content (AvgIpc) is 3.35. The molecule has 0 N–H and O–H groups in total. The van der Waals surface area contributed by atoms with Crippen LogP contribution >= 0.6 is 0 Å². The molecule has 0 aromatic heterocycles. The summed E-state index contributed by atoms with van der Waals surface area (Å²) < 4.78 is 16.8. The Bertz CT molecular complexity index is 1380. The monoisotopic (exact) mass is 959 g/mol. The van der Waals surface area contributed by atoms with Crippen molar-refractivity contribution in [3.05, 3.63) is 97.2 Å². The van der Waals surface area contributed by atoms with Crippen LogP contribution in [0.2, 0.25) is 0 Å². The zero-order valence-electron chi connectivity index (χ0n) is 45.0. The quantitative estimate of drug-likeness (QED) is 0.0262. The van der Waals surface area contributed by atoms with E-state index in [1.54, 1.807) is 0 Å². The zero-order valence-corrected chi connectivity index (χ0v) is 45.0. The Kier molecular flexibility index (Phi) is 53.9. The third-order valence-corrected chi connectivity index (χ3v) is 12.0. The molecule has 0 bridgehead atoms. The zero-order chi connectivity index (χ0) is 50.0. The van der Waals surface area contributed by atoms with Crippen LogP contribution in [0.4, 0.5) is 0 Å². The fourth-order valence-electron chi connectivity index (χ4n) is 7.74. The summed E-state index contributed by atoms with van der Waals surface area (Å²) in [6.45, 7) is 6.42. The van der Waals surface area contributed by atoms with Crippen molar-refractivity contribution in [1.82, 2.24) is 0 Å². The molecular formula is C63H106O6. The van der Waals surface area contributed by atoms with E-state index in [1.165, 1.54) is 89.9 Å². The Labute approximate surface area is 426 Å². The lowest BCUT2D eigenvalue weighted by Gasteiger charge is -2.18. The highest BCUT2D eigenvalue weighted by molar-refractivity contribution is 5.71. The third kappa shape index (κ3) is 55.1. The van der Waals surface area contributed by atoms with E-state index in [-0.39, 0.29) is 31.1 Å². The van der Waals surface area contributed by atoms with Crippen molar-refractivity contribution >= 4 is 17.9 Å². The molecule has 1 unspecified atom stereocenters. The highest BCUT2D eigenvalue weighted by atomic mass is 16.6. The van der Waals surface area contributed by atoms with E-state index in [0.717, 1.165) is 135 Å². The molecule has 0 heterocycles. The Hall–Kier alpha value is -3.67. The number of hydrogen-bond acceptors (Lipinski definition) is 6. The summed E-state index contributed by atoms with van der Waals surface area (Å²) in [5, 5.41) is 0. The van der Waals surface area contributed by atoms with Crippen LogP contribution in [-0.4, -0.2) is 37.2 Å². The summed E-state index contributed by atoms with van der Waals surface area (Å²) >= 11 is 0. The molecule has 0 aromatic rings. The first-order valence-corrected chi connectivity index (χ1v) is 28.7. The van der Waals surface area contributed by atoms with Gasteiger partial charge >= 0.3 is 17.9 Å². The molecule has 6 heteroatoms. The van der Waals surface area contributed by atoms with Gasteiger partial charge in [0.1, 0.15) is 13.2 Å². The first-order chi connectivity index (χ1) is 34.0.